The number of nitro groups is 1. The molecule has 0 unspecified atom stereocenters. The Balaban J connectivity index is 2.30. The second kappa shape index (κ2) is 6.04. The summed E-state index contributed by atoms with van der Waals surface area (Å²) in [5, 5.41) is 20.6. The summed E-state index contributed by atoms with van der Waals surface area (Å²) >= 11 is 0. The maximum absolute atomic E-state index is 11.0. The highest BCUT2D eigenvalue weighted by molar-refractivity contribution is 5.45. The Labute approximate surface area is 119 Å². The number of hydrogen-bond acceptors (Lipinski definition) is 3. The van der Waals surface area contributed by atoms with E-state index in [2.05, 4.69) is 6.07 Å². The van der Waals surface area contributed by atoms with Gasteiger partial charge in [-0.05, 0) is 31.7 Å². The molecular weight excluding hydrogens is 252 g/mol. The predicted octanol–water partition coefficient (Wildman–Crippen LogP) is 4.31. The molecule has 0 radical (unpaired) electrons. The van der Waals surface area contributed by atoms with Gasteiger partial charge in [-0.3, -0.25) is 10.1 Å². The van der Waals surface area contributed by atoms with E-state index in [-0.39, 0.29) is 16.0 Å². The second-order valence-corrected chi connectivity index (χ2v) is 5.80. The number of nitriles is 1. The summed E-state index contributed by atoms with van der Waals surface area (Å²) in [6.45, 7) is 1.79. The summed E-state index contributed by atoms with van der Waals surface area (Å²) < 4.78 is 0. The van der Waals surface area contributed by atoms with Crippen molar-refractivity contribution in [3.8, 4) is 6.07 Å². The van der Waals surface area contributed by atoms with E-state index >= 15 is 0 Å². The molecule has 1 aromatic rings. The molecule has 0 amide bonds. The SMILES string of the molecule is Cc1c(CC2(C#N)CCCCCC2)cccc1[N+](=O)[O-]. The van der Waals surface area contributed by atoms with E-state index in [1.807, 2.05) is 6.07 Å². The highest BCUT2D eigenvalue weighted by Gasteiger charge is 2.32. The Hall–Kier alpha value is -1.89. The van der Waals surface area contributed by atoms with Gasteiger partial charge in [0.1, 0.15) is 0 Å². The molecule has 0 aromatic heterocycles. The van der Waals surface area contributed by atoms with Crippen LogP contribution in [-0.2, 0) is 6.42 Å². The third-order valence-electron chi connectivity index (χ3n) is 4.44. The van der Waals surface area contributed by atoms with Gasteiger partial charge in [0.15, 0.2) is 0 Å². The molecule has 0 spiro atoms. The third-order valence-corrected chi connectivity index (χ3v) is 4.44. The molecule has 0 N–H and O–H groups in total. The summed E-state index contributed by atoms with van der Waals surface area (Å²) in [6, 6.07) is 7.69. The Morgan fingerprint density at radius 3 is 2.50 bits per heavy atom. The fraction of sp³-hybridized carbons (Fsp3) is 0.562. The zero-order valence-electron chi connectivity index (χ0n) is 11.9. The largest absolute Gasteiger partial charge is 0.272 e. The fourth-order valence-electron chi connectivity index (χ4n) is 3.16. The predicted molar refractivity (Wildman–Crippen MR) is 77.3 cm³/mol. The van der Waals surface area contributed by atoms with Crippen LogP contribution < -0.4 is 0 Å². The van der Waals surface area contributed by atoms with Gasteiger partial charge in [-0.2, -0.15) is 5.26 Å². The smallest absolute Gasteiger partial charge is 0.258 e. The zero-order valence-corrected chi connectivity index (χ0v) is 11.9. The Morgan fingerprint density at radius 1 is 1.30 bits per heavy atom. The first-order chi connectivity index (χ1) is 9.58. The second-order valence-electron chi connectivity index (χ2n) is 5.80. The Morgan fingerprint density at radius 2 is 1.95 bits per heavy atom. The highest BCUT2D eigenvalue weighted by atomic mass is 16.6. The molecule has 0 bridgehead atoms. The van der Waals surface area contributed by atoms with Crippen molar-refractivity contribution >= 4 is 5.69 Å². The van der Waals surface area contributed by atoms with Crippen molar-refractivity contribution in [2.45, 2.75) is 51.9 Å². The van der Waals surface area contributed by atoms with E-state index in [0.29, 0.717) is 12.0 Å². The molecule has 0 aliphatic heterocycles. The topological polar surface area (TPSA) is 66.9 Å². The summed E-state index contributed by atoms with van der Waals surface area (Å²) in [5.74, 6) is 0. The van der Waals surface area contributed by atoms with Crippen molar-refractivity contribution in [1.82, 2.24) is 0 Å². The third kappa shape index (κ3) is 2.98. The summed E-state index contributed by atoms with van der Waals surface area (Å²) in [7, 11) is 0. The number of hydrogen-bond donors (Lipinski definition) is 0. The van der Waals surface area contributed by atoms with Gasteiger partial charge >= 0.3 is 0 Å². The molecule has 1 fully saturated rings. The summed E-state index contributed by atoms with van der Waals surface area (Å²) in [6.07, 6.45) is 7.01. The van der Waals surface area contributed by atoms with Gasteiger partial charge in [-0.25, -0.2) is 0 Å². The number of nitro benzene ring substituents is 1. The van der Waals surface area contributed by atoms with Crippen LogP contribution in [0.1, 0.15) is 49.7 Å². The highest BCUT2D eigenvalue weighted by Crippen LogP contribution is 2.39. The van der Waals surface area contributed by atoms with E-state index in [4.69, 9.17) is 0 Å². The normalized spacial score (nSPS) is 18.0. The van der Waals surface area contributed by atoms with Crippen LogP contribution >= 0.6 is 0 Å². The van der Waals surface area contributed by atoms with Gasteiger partial charge < -0.3 is 0 Å². The van der Waals surface area contributed by atoms with Crippen molar-refractivity contribution in [2.75, 3.05) is 0 Å². The monoisotopic (exact) mass is 272 g/mol. The lowest BCUT2D eigenvalue weighted by atomic mass is 9.76. The van der Waals surface area contributed by atoms with Crippen LogP contribution in [0, 0.1) is 33.8 Å². The molecule has 20 heavy (non-hydrogen) atoms. The Kier molecular flexibility index (Phi) is 4.39. The summed E-state index contributed by atoms with van der Waals surface area (Å²) in [5.41, 5.74) is 1.47. The molecule has 0 atom stereocenters. The van der Waals surface area contributed by atoms with Crippen LogP contribution in [0.4, 0.5) is 5.69 Å². The first kappa shape index (κ1) is 14.5. The van der Waals surface area contributed by atoms with Gasteiger partial charge in [0.25, 0.3) is 5.69 Å². The fourth-order valence-corrected chi connectivity index (χ4v) is 3.16. The molecule has 1 aliphatic carbocycles. The number of rotatable bonds is 3. The van der Waals surface area contributed by atoms with Crippen molar-refractivity contribution in [3.63, 3.8) is 0 Å². The molecule has 0 heterocycles. The van der Waals surface area contributed by atoms with E-state index < -0.39 is 0 Å². The van der Waals surface area contributed by atoms with Crippen LogP contribution in [0.5, 0.6) is 0 Å². The van der Waals surface area contributed by atoms with Crippen LogP contribution in [0.25, 0.3) is 0 Å². The minimum atomic E-state index is -0.342. The van der Waals surface area contributed by atoms with Gasteiger partial charge in [-0.15, -0.1) is 0 Å². The molecule has 4 nitrogen and oxygen atoms in total. The summed E-state index contributed by atoms with van der Waals surface area (Å²) in [4.78, 5) is 10.7. The Bertz CT molecular complexity index is 538. The zero-order chi connectivity index (χ0) is 14.6. The molecule has 106 valence electrons. The molecular formula is C16H20N2O2. The first-order valence-electron chi connectivity index (χ1n) is 7.22. The van der Waals surface area contributed by atoms with Crippen LogP contribution in [0.2, 0.25) is 0 Å². The quantitative estimate of drug-likeness (QED) is 0.467. The average molecular weight is 272 g/mol. The molecule has 1 aromatic carbocycles. The van der Waals surface area contributed by atoms with Crippen molar-refractivity contribution < 1.29 is 4.92 Å². The molecule has 2 rings (SSSR count). The maximum Gasteiger partial charge on any atom is 0.272 e. The van der Waals surface area contributed by atoms with Gasteiger partial charge in [-0.1, -0.05) is 37.8 Å². The molecule has 4 heteroatoms. The van der Waals surface area contributed by atoms with Gasteiger partial charge in [0, 0.05) is 11.6 Å². The molecule has 1 saturated carbocycles. The maximum atomic E-state index is 11.0. The lowest BCUT2D eigenvalue weighted by Gasteiger charge is -2.25. The van der Waals surface area contributed by atoms with Crippen LogP contribution in [0.15, 0.2) is 18.2 Å². The van der Waals surface area contributed by atoms with Crippen LogP contribution in [-0.4, -0.2) is 4.92 Å². The lowest BCUT2D eigenvalue weighted by Crippen LogP contribution is -2.21. The van der Waals surface area contributed by atoms with E-state index in [1.54, 1.807) is 13.0 Å². The standard InChI is InChI=1S/C16H20N2O2/c1-13-14(7-6-8-15(13)18(19)20)11-16(12-17)9-4-2-3-5-10-16/h6-8H,2-5,9-11H2,1H3. The average Bonchev–Trinajstić information content (AvgIpc) is 2.67. The van der Waals surface area contributed by atoms with Crippen LogP contribution in [0.3, 0.4) is 0 Å². The van der Waals surface area contributed by atoms with Crippen molar-refractivity contribution in [3.05, 3.63) is 39.4 Å². The van der Waals surface area contributed by atoms with E-state index in [0.717, 1.165) is 31.2 Å². The van der Waals surface area contributed by atoms with E-state index in [9.17, 15) is 15.4 Å². The van der Waals surface area contributed by atoms with Crippen molar-refractivity contribution in [1.29, 1.82) is 5.26 Å². The minimum Gasteiger partial charge on any atom is -0.258 e. The van der Waals surface area contributed by atoms with Gasteiger partial charge in [0.05, 0.1) is 16.4 Å². The minimum absolute atomic E-state index is 0.157. The molecule has 0 saturated heterocycles. The van der Waals surface area contributed by atoms with E-state index in [1.165, 1.54) is 18.9 Å². The molecule has 1 aliphatic rings. The van der Waals surface area contributed by atoms with Crippen molar-refractivity contribution in [2.24, 2.45) is 5.41 Å². The van der Waals surface area contributed by atoms with Gasteiger partial charge in [0.2, 0.25) is 0 Å². The lowest BCUT2D eigenvalue weighted by molar-refractivity contribution is -0.385. The first-order valence-corrected chi connectivity index (χ1v) is 7.22. The number of nitrogens with zero attached hydrogens (tertiary/aromatic N) is 2. The number of benzene rings is 1.